The van der Waals surface area contributed by atoms with Crippen molar-refractivity contribution in [3.05, 3.63) is 64.1 Å². The van der Waals surface area contributed by atoms with Crippen molar-refractivity contribution in [1.29, 1.82) is 0 Å². The highest BCUT2D eigenvalue weighted by atomic mass is 79.9. The van der Waals surface area contributed by atoms with E-state index < -0.39 is 0 Å². The highest BCUT2D eigenvalue weighted by molar-refractivity contribution is 9.10. The van der Waals surface area contributed by atoms with Crippen LogP contribution in [0.4, 0.5) is 0 Å². The summed E-state index contributed by atoms with van der Waals surface area (Å²) in [7, 11) is 0. The largest absolute Gasteiger partial charge is 0.494 e. The SMILES string of the molecule is CCOc1ccccc1C(C)N[C@H](C)c1cccc(Br)c1. The van der Waals surface area contributed by atoms with Crippen LogP contribution in [0.5, 0.6) is 5.75 Å². The van der Waals surface area contributed by atoms with Crippen molar-refractivity contribution >= 4 is 15.9 Å². The molecule has 2 aromatic carbocycles. The first-order chi connectivity index (χ1) is 10.1. The summed E-state index contributed by atoms with van der Waals surface area (Å²) in [5.74, 6) is 0.960. The molecule has 0 spiro atoms. The quantitative estimate of drug-likeness (QED) is 0.769. The summed E-state index contributed by atoms with van der Waals surface area (Å²) in [6, 6.07) is 17.1. The Labute approximate surface area is 135 Å². The van der Waals surface area contributed by atoms with Crippen molar-refractivity contribution < 1.29 is 4.74 Å². The van der Waals surface area contributed by atoms with Crippen LogP contribution >= 0.6 is 15.9 Å². The van der Waals surface area contributed by atoms with Gasteiger partial charge in [0.15, 0.2) is 0 Å². The molecule has 1 N–H and O–H groups in total. The second-order valence-corrected chi connectivity index (χ2v) is 6.05. The molecule has 0 bridgehead atoms. The van der Waals surface area contributed by atoms with Gasteiger partial charge in [-0.05, 0) is 44.5 Å². The highest BCUT2D eigenvalue weighted by Crippen LogP contribution is 2.27. The van der Waals surface area contributed by atoms with Gasteiger partial charge in [0, 0.05) is 22.1 Å². The molecule has 0 aromatic heterocycles. The first-order valence-electron chi connectivity index (χ1n) is 7.35. The Morgan fingerprint density at radius 2 is 1.81 bits per heavy atom. The van der Waals surface area contributed by atoms with Crippen LogP contribution < -0.4 is 10.1 Å². The molecular formula is C18H22BrNO. The molecule has 2 aromatic rings. The number of rotatable bonds is 6. The molecule has 0 aliphatic rings. The van der Waals surface area contributed by atoms with E-state index in [4.69, 9.17) is 4.74 Å². The molecule has 0 aliphatic heterocycles. The maximum Gasteiger partial charge on any atom is 0.124 e. The number of hydrogen-bond donors (Lipinski definition) is 1. The Hall–Kier alpha value is -1.32. The van der Waals surface area contributed by atoms with Crippen molar-refractivity contribution in [1.82, 2.24) is 5.32 Å². The number of para-hydroxylation sites is 1. The van der Waals surface area contributed by atoms with Gasteiger partial charge in [0.05, 0.1) is 6.61 Å². The van der Waals surface area contributed by atoms with E-state index in [0.29, 0.717) is 6.61 Å². The Bertz CT molecular complexity index is 585. The van der Waals surface area contributed by atoms with Gasteiger partial charge in [0.2, 0.25) is 0 Å². The zero-order chi connectivity index (χ0) is 15.2. The number of nitrogens with one attached hydrogen (secondary N) is 1. The van der Waals surface area contributed by atoms with Gasteiger partial charge in [-0.1, -0.05) is 46.3 Å². The third-order valence-electron chi connectivity index (χ3n) is 3.53. The molecule has 2 rings (SSSR count). The summed E-state index contributed by atoms with van der Waals surface area (Å²) in [5.41, 5.74) is 2.46. The van der Waals surface area contributed by atoms with E-state index in [1.54, 1.807) is 0 Å². The van der Waals surface area contributed by atoms with Crippen molar-refractivity contribution in [3.63, 3.8) is 0 Å². The maximum atomic E-state index is 5.72. The van der Waals surface area contributed by atoms with Crippen LogP contribution in [0.25, 0.3) is 0 Å². The minimum Gasteiger partial charge on any atom is -0.494 e. The minimum atomic E-state index is 0.224. The van der Waals surface area contributed by atoms with Gasteiger partial charge >= 0.3 is 0 Å². The van der Waals surface area contributed by atoms with Gasteiger partial charge < -0.3 is 10.1 Å². The molecule has 0 saturated carbocycles. The van der Waals surface area contributed by atoms with E-state index in [9.17, 15) is 0 Å². The Kier molecular flexibility index (Phi) is 5.83. The molecule has 0 radical (unpaired) electrons. The molecule has 21 heavy (non-hydrogen) atoms. The standard InChI is InChI=1S/C18H22BrNO/c1-4-21-18-11-6-5-10-17(18)14(3)20-13(2)15-8-7-9-16(19)12-15/h5-14,20H,4H2,1-3H3/t13-,14?/m1/s1. The molecular weight excluding hydrogens is 326 g/mol. The molecule has 0 heterocycles. The molecule has 0 saturated heterocycles. The van der Waals surface area contributed by atoms with Crippen LogP contribution in [0.15, 0.2) is 53.0 Å². The van der Waals surface area contributed by atoms with E-state index in [1.165, 1.54) is 11.1 Å². The smallest absolute Gasteiger partial charge is 0.124 e. The summed E-state index contributed by atoms with van der Waals surface area (Å²) in [6.45, 7) is 7.05. The fourth-order valence-electron chi connectivity index (χ4n) is 2.46. The lowest BCUT2D eigenvalue weighted by Crippen LogP contribution is -2.23. The summed E-state index contributed by atoms with van der Waals surface area (Å²) >= 11 is 3.53. The van der Waals surface area contributed by atoms with Crippen LogP contribution in [0.1, 0.15) is 44.0 Å². The minimum absolute atomic E-state index is 0.224. The van der Waals surface area contributed by atoms with Gasteiger partial charge in [0.25, 0.3) is 0 Å². The topological polar surface area (TPSA) is 21.3 Å². The molecule has 0 aliphatic carbocycles. The average molecular weight is 348 g/mol. The molecule has 2 atom stereocenters. The average Bonchev–Trinajstić information content (AvgIpc) is 2.48. The normalized spacial score (nSPS) is 13.7. The zero-order valence-electron chi connectivity index (χ0n) is 12.8. The number of hydrogen-bond acceptors (Lipinski definition) is 2. The molecule has 2 nitrogen and oxygen atoms in total. The lowest BCUT2D eigenvalue weighted by atomic mass is 10.0. The van der Waals surface area contributed by atoms with Crippen molar-refractivity contribution in [2.24, 2.45) is 0 Å². The maximum absolute atomic E-state index is 5.72. The molecule has 1 unspecified atom stereocenters. The van der Waals surface area contributed by atoms with Crippen molar-refractivity contribution in [3.8, 4) is 5.75 Å². The van der Waals surface area contributed by atoms with Crippen LogP contribution in [0.3, 0.4) is 0 Å². The molecule has 112 valence electrons. The lowest BCUT2D eigenvalue weighted by molar-refractivity contribution is 0.331. The summed E-state index contributed by atoms with van der Waals surface area (Å²) in [5, 5.41) is 3.64. The summed E-state index contributed by atoms with van der Waals surface area (Å²) in [6.07, 6.45) is 0. The molecule has 0 amide bonds. The van der Waals surface area contributed by atoms with E-state index in [0.717, 1.165) is 10.2 Å². The Morgan fingerprint density at radius 3 is 2.52 bits per heavy atom. The third-order valence-corrected chi connectivity index (χ3v) is 4.03. The first kappa shape index (κ1) is 16.1. The highest BCUT2D eigenvalue weighted by Gasteiger charge is 2.14. The Morgan fingerprint density at radius 1 is 1.05 bits per heavy atom. The van der Waals surface area contributed by atoms with E-state index in [-0.39, 0.29) is 12.1 Å². The third kappa shape index (κ3) is 4.32. The number of halogens is 1. The predicted molar refractivity (Wildman–Crippen MR) is 91.7 cm³/mol. The first-order valence-corrected chi connectivity index (χ1v) is 8.14. The van der Waals surface area contributed by atoms with Gasteiger partial charge in [-0.25, -0.2) is 0 Å². The van der Waals surface area contributed by atoms with Crippen LogP contribution in [-0.2, 0) is 0 Å². The van der Waals surface area contributed by atoms with Gasteiger partial charge in [-0.2, -0.15) is 0 Å². The van der Waals surface area contributed by atoms with Gasteiger partial charge in [-0.15, -0.1) is 0 Å². The van der Waals surface area contributed by atoms with Crippen molar-refractivity contribution in [2.75, 3.05) is 6.61 Å². The summed E-state index contributed by atoms with van der Waals surface area (Å²) < 4.78 is 6.82. The fraction of sp³-hybridized carbons (Fsp3) is 0.333. The summed E-state index contributed by atoms with van der Waals surface area (Å²) in [4.78, 5) is 0. The fourth-order valence-corrected chi connectivity index (χ4v) is 2.88. The zero-order valence-corrected chi connectivity index (χ0v) is 14.4. The predicted octanol–water partition coefficient (Wildman–Crippen LogP) is 5.26. The molecule has 3 heteroatoms. The van der Waals surface area contributed by atoms with E-state index in [1.807, 2.05) is 25.1 Å². The van der Waals surface area contributed by atoms with Gasteiger partial charge in [0.1, 0.15) is 5.75 Å². The number of benzene rings is 2. The lowest BCUT2D eigenvalue weighted by Gasteiger charge is -2.22. The second-order valence-electron chi connectivity index (χ2n) is 5.14. The number of ether oxygens (including phenoxy) is 1. The van der Waals surface area contributed by atoms with Crippen molar-refractivity contribution in [2.45, 2.75) is 32.9 Å². The van der Waals surface area contributed by atoms with E-state index >= 15 is 0 Å². The molecule has 0 fully saturated rings. The van der Waals surface area contributed by atoms with E-state index in [2.05, 4.69) is 65.4 Å². The van der Waals surface area contributed by atoms with Crippen LogP contribution in [0, 0.1) is 0 Å². The monoisotopic (exact) mass is 347 g/mol. The second kappa shape index (κ2) is 7.62. The van der Waals surface area contributed by atoms with Gasteiger partial charge in [-0.3, -0.25) is 0 Å². The van der Waals surface area contributed by atoms with Crippen LogP contribution in [0.2, 0.25) is 0 Å². The Balaban J connectivity index is 2.12. The van der Waals surface area contributed by atoms with Crippen LogP contribution in [-0.4, -0.2) is 6.61 Å².